The van der Waals surface area contributed by atoms with Gasteiger partial charge < -0.3 is 0 Å². The lowest BCUT2D eigenvalue weighted by Gasteiger charge is -2.10. The largest absolute Gasteiger partial charge is 0.286 e. The van der Waals surface area contributed by atoms with Crippen LogP contribution in [0.15, 0.2) is 22.5 Å². The molecule has 14 heavy (non-hydrogen) atoms. The van der Waals surface area contributed by atoms with Gasteiger partial charge in [0.15, 0.2) is 0 Å². The number of carbonyl (C=O) groups excluding carboxylic acids is 2. The first kappa shape index (κ1) is 9.30. The molecule has 1 aliphatic rings. The molecule has 0 bridgehead atoms. The van der Waals surface area contributed by atoms with Crippen molar-refractivity contribution in [2.75, 3.05) is 0 Å². The Bertz CT molecular complexity index is 439. The molecular weight excluding hydrogens is 227 g/mol. The first-order chi connectivity index (χ1) is 6.63. The standard InChI is InChI=1S/C8H2Cl2N2O2/c9-3-4(10)8(14)6-5(7(3)13)11-1-2-12-6/h1-2H. The Labute approximate surface area is 88.6 Å². The number of hydrogen-bond donors (Lipinski definition) is 0. The second kappa shape index (κ2) is 3.15. The van der Waals surface area contributed by atoms with Crippen LogP contribution in [0.2, 0.25) is 0 Å². The molecule has 0 radical (unpaired) electrons. The first-order valence-corrected chi connectivity index (χ1v) is 4.34. The van der Waals surface area contributed by atoms with Crippen molar-refractivity contribution in [1.82, 2.24) is 9.97 Å². The van der Waals surface area contributed by atoms with E-state index in [9.17, 15) is 9.59 Å². The number of ketones is 2. The summed E-state index contributed by atoms with van der Waals surface area (Å²) in [6.45, 7) is 0. The van der Waals surface area contributed by atoms with E-state index >= 15 is 0 Å². The van der Waals surface area contributed by atoms with Crippen LogP contribution in [0.5, 0.6) is 0 Å². The number of aromatic nitrogens is 2. The number of fused-ring (bicyclic) bond motifs is 1. The molecule has 1 aliphatic carbocycles. The van der Waals surface area contributed by atoms with Gasteiger partial charge in [0.05, 0.1) is 0 Å². The molecule has 0 aromatic carbocycles. The van der Waals surface area contributed by atoms with Crippen molar-refractivity contribution in [2.45, 2.75) is 0 Å². The van der Waals surface area contributed by atoms with Crippen LogP contribution < -0.4 is 0 Å². The van der Waals surface area contributed by atoms with Gasteiger partial charge in [-0.1, -0.05) is 23.2 Å². The van der Waals surface area contributed by atoms with Crippen LogP contribution in [0.4, 0.5) is 0 Å². The number of carbonyl (C=O) groups is 2. The molecule has 0 N–H and O–H groups in total. The summed E-state index contributed by atoms with van der Waals surface area (Å²) >= 11 is 11.1. The van der Waals surface area contributed by atoms with Gasteiger partial charge in [0.1, 0.15) is 21.5 Å². The molecule has 0 unspecified atom stereocenters. The molecule has 1 aromatic heterocycles. The normalized spacial score (nSPS) is 15.9. The lowest BCUT2D eigenvalue weighted by Crippen LogP contribution is -2.20. The van der Waals surface area contributed by atoms with Gasteiger partial charge in [-0.25, -0.2) is 9.97 Å². The van der Waals surface area contributed by atoms with E-state index in [0.717, 1.165) is 0 Å². The van der Waals surface area contributed by atoms with Crippen molar-refractivity contribution in [2.24, 2.45) is 0 Å². The molecule has 0 aliphatic heterocycles. The van der Waals surface area contributed by atoms with Crippen molar-refractivity contribution >= 4 is 34.8 Å². The lowest BCUT2D eigenvalue weighted by atomic mass is 10.1. The van der Waals surface area contributed by atoms with E-state index in [1.165, 1.54) is 12.4 Å². The molecule has 1 aromatic rings. The number of nitrogens with zero attached hydrogens (tertiary/aromatic N) is 2. The number of hydrogen-bond acceptors (Lipinski definition) is 4. The first-order valence-electron chi connectivity index (χ1n) is 3.58. The van der Waals surface area contributed by atoms with Gasteiger partial charge in [0.25, 0.3) is 0 Å². The highest BCUT2D eigenvalue weighted by atomic mass is 35.5. The maximum absolute atomic E-state index is 11.4. The highest BCUT2D eigenvalue weighted by molar-refractivity contribution is 6.59. The van der Waals surface area contributed by atoms with Gasteiger partial charge in [0, 0.05) is 12.4 Å². The zero-order valence-electron chi connectivity index (χ0n) is 6.62. The second-order valence-corrected chi connectivity index (χ2v) is 3.30. The minimum absolute atomic E-state index is 0.0492. The van der Waals surface area contributed by atoms with Crippen LogP contribution in [-0.4, -0.2) is 21.5 Å². The van der Waals surface area contributed by atoms with Gasteiger partial charge in [-0.15, -0.1) is 0 Å². The summed E-state index contributed by atoms with van der Waals surface area (Å²) in [5.41, 5.74) is -0.0983. The molecule has 1 heterocycles. The molecule has 0 atom stereocenters. The van der Waals surface area contributed by atoms with Crippen molar-refractivity contribution in [3.05, 3.63) is 33.8 Å². The minimum Gasteiger partial charge on any atom is -0.286 e. The zero-order chi connectivity index (χ0) is 10.3. The van der Waals surface area contributed by atoms with Gasteiger partial charge >= 0.3 is 0 Å². The van der Waals surface area contributed by atoms with E-state index in [1.807, 2.05) is 0 Å². The van der Waals surface area contributed by atoms with Crippen LogP contribution in [-0.2, 0) is 0 Å². The Balaban J connectivity index is 2.73. The number of Topliss-reactive ketones (excluding diaryl/α,β-unsaturated/α-hetero) is 2. The molecule has 0 saturated heterocycles. The highest BCUT2D eigenvalue weighted by Gasteiger charge is 2.32. The van der Waals surface area contributed by atoms with Crippen LogP contribution >= 0.6 is 23.2 Å². The van der Waals surface area contributed by atoms with Crippen molar-refractivity contribution in [3.8, 4) is 0 Å². The third kappa shape index (κ3) is 1.15. The van der Waals surface area contributed by atoms with Gasteiger partial charge in [-0.05, 0) is 0 Å². The maximum Gasteiger partial charge on any atom is 0.226 e. The number of halogens is 2. The third-order valence-corrected chi connectivity index (χ3v) is 2.54. The Morgan fingerprint density at radius 3 is 1.57 bits per heavy atom. The van der Waals surface area contributed by atoms with Gasteiger partial charge in [-0.2, -0.15) is 0 Å². The fourth-order valence-electron chi connectivity index (χ4n) is 1.08. The van der Waals surface area contributed by atoms with Crippen molar-refractivity contribution in [3.63, 3.8) is 0 Å². The average molecular weight is 229 g/mol. The van der Waals surface area contributed by atoms with E-state index in [2.05, 4.69) is 9.97 Å². The lowest BCUT2D eigenvalue weighted by molar-refractivity contribution is 0.0979. The molecule has 0 amide bonds. The predicted molar refractivity (Wildman–Crippen MR) is 49.4 cm³/mol. The molecule has 0 spiro atoms. The summed E-state index contributed by atoms with van der Waals surface area (Å²) in [6.07, 6.45) is 2.63. The topological polar surface area (TPSA) is 59.9 Å². The fourth-order valence-corrected chi connectivity index (χ4v) is 1.43. The zero-order valence-corrected chi connectivity index (χ0v) is 8.13. The van der Waals surface area contributed by atoms with E-state index < -0.39 is 11.6 Å². The summed E-state index contributed by atoms with van der Waals surface area (Å²) in [5.74, 6) is -1.14. The fraction of sp³-hybridized carbons (Fsp3) is 0. The Hall–Kier alpha value is -1.26. The molecule has 6 heteroatoms. The maximum atomic E-state index is 11.4. The van der Waals surface area contributed by atoms with Gasteiger partial charge in [-0.3, -0.25) is 9.59 Å². The molecule has 2 rings (SSSR count). The summed E-state index contributed by atoms with van der Waals surface area (Å²) in [7, 11) is 0. The average Bonchev–Trinajstić information content (AvgIpc) is 2.23. The molecule has 4 nitrogen and oxygen atoms in total. The summed E-state index contributed by atoms with van der Waals surface area (Å²) in [4.78, 5) is 30.3. The second-order valence-electron chi connectivity index (χ2n) is 2.54. The number of rotatable bonds is 0. The van der Waals surface area contributed by atoms with E-state index in [-0.39, 0.29) is 21.5 Å². The summed E-state index contributed by atoms with van der Waals surface area (Å²) in [5, 5.41) is -0.602. The minimum atomic E-state index is -0.570. The van der Waals surface area contributed by atoms with Crippen molar-refractivity contribution < 1.29 is 9.59 Å². The summed E-state index contributed by atoms with van der Waals surface area (Å²) in [6, 6.07) is 0. The highest BCUT2D eigenvalue weighted by Crippen LogP contribution is 2.27. The molecule has 0 fully saturated rings. The molecular formula is C8H2Cl2N2O2. The van der Waals surface area contributed by atoms with Crippen molar-refractivity contribution in [1.29, 1.82) is 0 Å². The SMILES string of the molecule is O=C1C(Cl)=C(Cl)C(=O)c2nccnc21. The van der Waals surface area contributed by atoms with Crippen LogP contribution in [0.3, 0.4) is 0 Å². The Morgan fingerprint density at radius 1 is 0.857 bits per heavy atom. The Morgan fingerprint density at radius 2 is 1.21 bits per heavy atom. The monoisotopic (exact) mass is 228 g/mol. The Kier molecular flexibility index (Phi) is 2.09. The van der Waals surface area contributed by atoms with Crippen LogP contribution in [0.1, 0.15) is 21.0 Å². The van der Waals surface area contributed by atoms with E-state index in [1.54, 1.807) is 0 Å². The number of allylic oxidation sites excluding steroid dienone is 2. The van der Waals surface area contributed by atoms with Crippen LogP contribution in [0.25, 0.3) is 0 Å². The van der Waals surface area contributed by atoms with Crippen LogP contribution in [0, 0.1) is 0 Å². The molecule has 70 valence electrons. The summed E-state index contributed by atoms with van der Waals surface area (Å²) < 4.78 is 0. The predicted octanol–water partition coefficient (Wildman–Crippen LogP) is 1.54. The smallest absolute Gasteiger partial charge is 0.226 e. The quantitative estimate of drug-likeness (QED) is 0.676. The van der Waals surface area contributed by atoms with Gasteiger partial charge in [0.2, 0.25) is 11.6 Å². The van der Waals surface area contributed by atoms with E-state index in [4.69, 9.17) is 23.2 Å². The third-order valence-electron chi connectivity index (χ3n) is 1.72. The van der Waals surface area contributed by atoms with E-state index in [0.29, 0.717) is 0 Å². The molecule has 0 saturated carbocycles.